The number of halogens is 1. The van der Waals surface area contributed by atoms with E-state index in [1.54, 1.807) is 12.1 Å². The van der Waals surface area contributed by atoms with Crippen LogP contribution in [0.2, 0.25) is 0 Å². The molecule has 24 heavy (non-hydrogen) atoms. The highest BCUT2D eigenvalue weighted by Gasteiger charge is 2.13. The van der Waals surface area contributed by atoms with Crippen LogP contribution in [0.3, 0.4) is 0 Å². The summed E-state index contributed by atoms with van der Waals surface area (Å²) in [5, 5.41) is 1.99. The van der Waals surface area contributed by atoms with Gasteiger partial charge < -0.3 is 4.90 Å². The van der Waals surface area contributed by atoms with E-state index < -0.39 is 10.0 Å². The van der Waals surface area contributed by atoms with Crippen LogP contribution in [0.25, 0.3) is 10.8 Å². The van der Waals surface area contributed by atoms with Crippen LogP contribution in [0.4, 0.5) is 0 Å². The van der Waals surface area contributed by atoms with Crippen LogP contribution in [0.1, 0.15) is 25.7 Å². The molecule has 134 valence electrons. The van der Waals surface area contributed by atoms with Crippen LogP contribution >= 0.6 is 12.4 Å². The summed E-state index contributed by atoms with van der Waals surface area (Å²) in [6.07, 6.45) is 4.22. The van der Waals surface area contributed by atoms with Crippen molar-refractivity contribution >= 4 is 33.2 Å². The molecule has 0 aromatic heterocycles. The van der Waals surface area contributed by atoms with Crippen LogP contribution in [0, 0.1) is 0 Å². The highest BCUT2D eigenvalue weighted by molar-refractivity contribution is 7.89. The number of nitrogens with one attached hydrogen (secondary N) is 1. The molecule has 0 fully saturated rings. The highest BCUT2D eigenvalue weighted by atomic mass is 35.5. The summed E-state index contributed by atoms with van der Waals surface area (Å²) < 4.78 is 27.4. The Bertz CT molecular complexity index is 733. The molecule has 1 N–H and O–H groups in total. The zero-order valence-electron chi connectivity index (χ0n) is 14.4. The molecule has 0 saturated heterocycles. The van der Waals surface area contributed by atoms with E-state index in [9.17, 15) is 8.42 Å². The molecule has 6 heteroatoms. The number of hydrogen-bond acceptors (Lipinski definition) is 3. The molecule has 0 heterocycles. The number of sulfonamides is 1. The molecular weight excluding hydrogens is 344 g/mol. The summed E-state index contributed by atoms with van der Waals surface area (Å²) in [6.45, 7) is 1.58. The highest BCUT2D eigenvalue weighted by Crippen LogP contribution is 2.18. The zero-order chi connectivity index (χ0) is 16.7. The monoisotopic (exact) mass is 370 g/mol. The van der Waals surface area contributed by atoms with E-state index in [0.29, 0.717) is 11.4 Å². The Hall–Kier alpha value is -1.14. The quantitative estimate of drug-likeness (QED) is 0.685. The van der Waals surface area contributed by atoms with Crippen LogP contribution in [0.5, 0.6) is 0 Å². The molecule has 0 spiro atoms. The van der Waals surface area contributed by atoms with Crippen molar-refractivity contribution in [3.8, 4) is 0 Å². The maximum atomic E-state index is 12.3. The van der Waals surface area contributed by atoms with E-state index in [-0.39, 0.29) is 12.4 Å². The standard InChI is InChI=1S/C18H26N2O2S.ClH/c1-20(2)14-8-4-3-7-13-19-23(21,22)18-12-11-16-9-5-6-10-17(16)15-18;/h5-6,9-12,15,19H,3-4,7-8,13-14H2,1-2H3;1H. The summed E-state index contributed by atoms with van der Waals surface area (Å²) >= 11 is 0. The lowest BCUT2D eigenvalue weighted by molar-refractivity contribution is 0.390. The Morgan fingerprint density at radius 2 is 1.58 bits per heavy atom. The molecule has 0 aliphatic carbocycles. The van der Waals surface area contributed by atoms with E-state index in [1.807, 2.05) is 30.3 Å². The van der Waals surface area contributed by atoms with E-state index in [4.69, 9.17) is 0 Å². The number of hydrogen-bond donors (Lipinski definition) is 1. The second-order valence-corrected chi connectivity index (χ2v) is 7.89. The van der Waals surface area contributed by atoms with Gasteiger partial charge in [-0.2, -0.15) is 0 Å². The van der Waals surface area contributed by atoms with Gasteiger partial charge in [0.1, 0.15) is 0 Å². The van der Waals surface area contributed by atoms with E-state index in [1.165, 1.54) is 0 Å². The molecule has 0 amide bonds. The average Bonchev–Trinajstić information content (AvgIpc) is 2.53. The van der Waals surface area contributed by atoms with Gasteiger partial charge in [0.25, 0.3) is 0 Å². The first-order valence-electron chi connectivity index (χ1n) is 8.12. The predicted molar refractivity (Wildman–Crippen MR) is 103 cm³/mol. The fourth-order valence-corrected chi connectivity index (χ4v) is 3.64. The third kappa shape index (κ3) is 6.40. The Morgan fingerprint density at radius 1 is 0.917 bits per heavy atom. The largest absolute Gasteiger partial charge is 0.309 e. The molecule has 2 aromatic rings. The number of nitrogens with zero attached hydrogens (tertiary/aromatic N) is 1. The second kappa shape index (κ2) is 9.99. The first-order valence-corrected chi connectivity index (χ1v) is 9.60. The molecule has 0 unspecified atom stereocenters. The Kier molecular flexibility index (Phi) is 8.70. The molecule has 0 saturated carbocycles. The summed E-state index contributed by atoms with van der Waals surface area (Å²) in [5.41, 5.74) is 0. The Balaban J connectivity index is 0.00000288. The smallest absolute Gasteiger partial charge is 0.240 e. The van der Waals surface area contributed by atoms with Crippen molar-refractivity contribution in [2.75, 3.05) is 27.2 Å². The lowest BCUT2D eigenvalue weighted by Gasteiger charge is -2.09. The van der Waals surface area contributed by atoms with Gasteiger partial charge in [-0.15, -0.1) is 12.4 Å². The normalized spacial score (nSPS) is 11.6. The van der Waals surface area contributed by atoms with Crippen LogP contribution in [-0.4, -0.2) is 40.5 Å². The molecule has 2 rings (SSSR count). The number of unbranched alkanes of at least 4 members (excludes halogenated alkanes) is 3. The third-order valence-electron chi connectivity index (χ3n) is 3.86. The lowest BCUT2D eigenvalue weighted by atomic mass is 10.1. The molecular formula is C18H27ClN2O2S. The third-order valence-corrected chi connectivity index (χ3v) is 5.31. The average molecular weight is 371 g/mol. The minimum absolute atomic E-state index is 0. The molecule has 0 atom stereocenters. The van der Waals surface area contributed by atoms with Crippen LogP contribution < -0.4 is 4.72 Å². The molecule has 2 aromatic carbocycles. The topological polar surface area (TPSA) is 49.4 Å². The first-order chi connectivity index (χ1) is 11.0. The van der Waals surface area contributed by atoms with Gasteiger partial charge in [-0.1, -0.05) is 43.2 Å². The fourth-order valence-electron chi connectivity index (χ4n) is 2.53. The molecule has 0 aliphatic rings. The van der Waals surface area contributed by atoms with Gasteiger partial charge in [0, 0.05) is 6.54 Å². The van der Waals surface area contributed by atoms with E-state index in [2.05, 4.69) is 23.7 Å². The molecule has 0 aliphatic heterocycles. The number of fused-ring (bicyclic) bond motifs is 1. The maximum absolute atomic E-state index is 12.3. The summed E-state index contributed by atoms with van der Waals surface area (Å²) in [6, 6.07) is 13.0. The van der Waals surface area contributed by atoms with Gasteiger partial charge in [-0.25, -0.2) is 13.1 Å². The number of benzene rings is 2. The van der Waals surface area contributed by atoms with Gasteiger partial charge in [-0.05, 0) is 56.4 Å². The first kappa shape index (κ1) is 20.9. The fraction of sp³-hybridized carbons (Fsp3) is 0.444. The summed E-state index contributed by atoms with van der Waals surface area (Å²) in [7, 11) is 0.718. The van der Waals surface area contributed by atoms with E-state index in [0.717, 1.165) is 43.0 Å². The maximum Gasteiger partial charge on any atom is 0.240 e. The molecule has 0 bridgehead atoms. The van der Waals surface area contributed by atoms with Crippen molar-refractivity contribution in [3.05, 3.63) is 42.5 Å². The Morgan fingerprint density at radius 3 is 2.29 bits per heavy atom. The predicted octanol–water partition coefficient (Wildman–Crippen LogP) is 3.66. The molecule has 4 nitrogen and oxygen atoms in total. The lowest BCUT2D eigenvalue weighted by Crippen LogP contribution is -2.24. The van der Waals surface area contributed by atoms with Gasteiger partial charge in [0.2, 0.25) is 10.0 Å². The second-order valence-electron chi connectivity index (χ2n) is 6.12. The molecule has 0 radical (unpaired) electrons. The van der Waals surface area contributed by atoms with Gasteiger partial charge in [0.05, 0.1) is 4.90 Å². The summed E-state index contributed by atoms with van der Waals surface area (Å²) in [4.78, 5) is 2.51. The van der Waals surface area contributed by atoms with Crippen molar-refractivity contribution in [3.63, 3.8) is 0 Å². The zero-order valence-corrected chi connectivity index (χ0v) is 16.0. The number of rotatable bonds is 9. The Labute approximate surface area is 151 Å². The van der Waals surface area contributed by atoms with Gasteiger partial charge >= 0.3 is 0 Å². The SMILES string of the molecule is CN(C)CCCCCCNS(=O)(=O)c1ccc2ccccc2c1.Cl. The summed E-state index contributed by atoms with van der Waals surface area (Å²) in [5.74, 6) is 0. The van der Waals surface area contributed by atoms with Gasteiger partial charge in [-0.3, -0.25) is 0 Å². The van der Waals surface area contributed by atoms with Gasteiger partial charge in [0.15, 0.2) is 0 Å². The van der Waals surface area contributed by atoms with Crippen LogP contribution in [0.15, 0.2) is 47.4 Å². The van der Waals surface area contributed by atoms with Crippen molar-refractivity contribution < 1.29 is 8.42 Å². The minimum atomic E-state index is -3.42. The van der Waals surface area contributed by atoms with Crippen molar-refractivity contribution in [1.29, 1.82) is 0 Å². The van der Waals surface area contributed by atoms with Crippen molar-refractivity contribution in [2.45, 2.75) is 30.6 Å². The van der Waals surface area contributed by atoms with E-state index >= 15 is 0 Å². The van der Waals surface area contributed by atoms with Crippen molar-refractivity contribution in [2.24, 2.45) is 0 Å². The van der Waals surface area contributed by atoms with Crippen molar-refractivity contribution in [1.82, 2.24) is 9.62 Å². The minimum Gasteiger partial charge on any atom is -0.309 e. The van der Waals surface area contributed by atoms with Crippen LogP contribution in [-0.2, 0) is 10.0 Å².